The molecule has 4 N–H and O–H groups in total. The van der Waals surface area contributed by atoms with Gasteiger partial charge in [-0.2, -0.15) is 0 Å². The Labute approximate surface area is 137 Å². The Morgan fingerprint density at radius 1 is 1.22 bits per heavy atom. The van der Waals surface area contributed by atoms with Gasteiger partial charge >= 0.3 is 0 Å². The van der Waals surface area contributed by atoms with Gasteiger partial charge in [0.2, 0.25) is 0 Å². The summed E-state index contributed by atoms with van der Waals surface area (Å²) in [4.78, 5) is 5.59. The molecule has 116 valence electrons. The number of nitrogens with zero attached hydrogens (tertiary/aromatic N) is 1. The SMILES string of the molecule is Nc1cc(-c2ncc(-c3cccc4c3CC[C@@H]4N)s2)ccc1F. The lowest BCUT2D eigenvalue weighted by Gasteiger charge is -2.07. The summed E-state index contributed by atoms with van der Waals surface area (Å²) in [6, 6.07) is 11.1. The predicted molar refractivity (Wildman–Crippen MR) is 92.6 cm³/mol. The molecule has 1 heterocycles. The number of fused-ring (bicyclic) bond motifs is 1. The van der Waals surface area contributed by atoms with E-state index in [-0.39, 0.29) is 11.7 Å². The molecular weight excluding hydrogens is 309 g/mol. The third-order valence-electron chi connectivity index (χ3n) is 4.33. The van der Waals surface area contributed by atoms with Crippen molar-refractivity contribution in [2.45, 2.75) is 18.9 Å². The minimum atomic E-state index is -0.402. The summed E-state index contributed by atoms with van der Waals surface area (Å²) in [7, 11) is 0. The topological polar surface area (TPSA) is 64.9 Å². The van der Waals surface area contributed by atoms with E-state index in [2.05, 4.69) is 23.2 Å². The van der Waals surface area contributed by atoms with Crippen LogP contribution in [0.1, 0.15) is 23.6 Å². The van der Waals surface area contributed by atoms with Gasteiger partial charge in [0.05, 0.1) is 10.6 Å². The number of halogens is 1. The molecule has 0 fully saturated rings. The molecule has 23 heavy (non-hydrogen) atoms. The van der Waals surface area contributed by atoms with Gasteiger partial charge in [0.15, 0.2) is 0 Å². The highest BCUT2D eigenvalue weighted by molar-refractivity contribution is 7.18. The van der Waals surface area contributed by atoms with Gasteiger partial charge < -0.3 is 11.5 Å². The lowest BCUT2D eigenvalue weighted by molar-refractivity contribution is 0.632. The third-order valence-corrected chi connectivity index (χ3v) is 5.41. The highest BCUT2D eigenvalue weighted by Crippen LogP contribution is 2.40. The van der Waals surface area contributed by atoms with Crippen LogP contribution in [0.5, 0.6) is 0 Å². The van der Waals surface area contributed by atoms with Crippen LogP contribution in [0.25, 0.3) is 21.0 Å². The molecule has 1 aliphatic carbocycles. The molecule has 0 saturated carbocycles. The van der Waals surface area contributed by atoms with Crippen molar-refractivity contribution in [1.82, 2.24) is 4.98 Å². The molecule has 0 saturated heterocycles. The zero-order valence-corrected chi connectivity index (χ0v) is 13.2. The van der Waals surface area contributed by atoms with Crippen LogP contribution in [0.2, 0.25) is 0 Å². The molecule has 2 aromatic carbocycles. The van der Waals surface area contributed by atoms with Gasteiger partial charge in [0, 0.05) is 17.8 Å². The first kappa shape index (κ1) is 14.4. The molecule has 5 heteroatoms. The predicted octanol–water partition coefficient (Wildman–Crippen LogP) is 4.14. The second-order valence-corrected chi connectivity index (χ2v) is 6.82. The number of anilines is 1. The van der Waals surface area contributed by atoms with Crippen LogP contribution in [0, 0.1) is 5.82 Å². The number of benzene rings is 2. The van der Waals surface area contributed by atoms with E-state index in [1.807, 2.05) is 6.20 Å². The molecule has 4 rings (SSSR count). The molecule has 0 amide bonds. The van der Waals surface area contributed by atoms with E-state index < -0.39 is 5.82 Å². The maximum atomic E-state index is 13.3. The average Bonchev–Trinajstić information content (AvgIpc) is 3.18. The summed E-state index contributed by atoms with van der Waals surface area (Å²) >= 11 is 1.59. The van der Waals surface area contributed by atoms with Gasteiger partial charge in [-0.15, -0.1) is 11.3 Å². The smallest absolute Gasteiger partial charge is 0.146 e. The normalized spacial score (nSPS) is 16.5. The lowest BCUT2D eigenvalue weighted by atomic mass is 10.0. The summed E-state index contributed by atoms with van der Waals surface area (Å²) in [5, 5.41) is 0.839. The number of aromatic nitrogens is 1. The Morgan fingerprint density at radius 2 is 2.09 bits per heavy atom. The fraction of sp³-hybridized carbons (Fsp3) is 0.167. The number of nitrogens with two attached hydrogens (primary N) is 2. The second kappa shape index (κ2) is 5.44. The Bertz CT molecular complexity index is 888. The molecule has 3 aromatic rings. The van der Waals surface area contributed by atoms with E-state index in [1.165, 1.54) is 22.8 Å². The lowest BCUT2D eigenvalue weighted by Crippen LogP contribution is -2.04. The van der Waals surface area contributed by atoms with Crippen molar-refractivity contribution in [3.05, 3.63) is 59.5 Å². The van der Waals surface area contributed by atoms with Crippen molar-refractivity contribution >= 4 is 17.0 Å². The van der Waals surface area contributed by atoms with Gasteiger partial charge in [-0.1, -0.05) is 18.2 Å². The molecule has 1 aliphatic rings. The van der Waals surface area contributed by atoms with E-state index in [4.69, 9.17) is 11.5 Å². The quantitative estimate of drug-likeness (QED) is 0.696. The zero-order chi connectivity index (χ0) is 16.0. The summed E-state index contributed by atoms with van der Waals surface area (Å²) in [6.07, 6.45) is 3.87. The molecule has 0 spiro atoms. The van der Waals surface area contributed by atoms with Crippen LogP contribution in [0.15, 0.2) is 42.6 Å². The van der Waals surface area contributed by atoms with Gasteiger partial charge in [-0.3, -0.25) is 0 Å². The standard InChI is InChI=1S/C18H16FN3S/c19-14-6-4-10(8-16(14)21)18-22-9-17(23-18)13-3-1-2-12-11(13)5-7-15(12)20/h1-4,6,8-9,15H,5,7,20-21H2/t15-/m0/s1. The fourth-order valence-corrected chi connectivity index (χ4v) is 4.09. The first-order chi connectivity index (χ1) is 11.1. The van der Waals surface area contributed by atoms with E-state index in [0.29, 0.717) is 0 Å². The summed E-state index contributed by atoms with van der Waals surface area (Å²) in [6.45, 7) is 0. The first-order valence-corrected chi connectivity index (χ1v) is 8.34. The zero-order valence-electron chi connectivity index (χ0n) is 12.4. The summed E-state index contributed by atoms with van der Waals surface area (Å²) in [5.41, 5.74) is 16.6. The number of hydrogen-bond acceptors (Lipinski definition) is 4. The van der Waals surface area contributed by atoms with Crippen LogP contribution in [0.4, 0.5) is 10.1 Å². The Morgan fingerprint density at radius 3 is 2.91 bits per heavy atom. The van der Waals surface area contributed by atoms with Gasteiger partial charge in [0.1, 0.15) is 10.8 Å². The molecule has 0 radical (unpaired) electrons. The van der Waals surface area contributed by atoms with Gasteiger partial charge in [0.25, 0.3) is 0 Å². The second-order valence-electron chi connectivity index (χ2n) is 5.78. The van der Waals surface area contributed by atoms with E-state index >= 15 is 0 Å². The summed E-state index contributed by atoms with van der Waals surface area (Å²) in [5.74, 6) is -0.402. The van der Waals surface area contributed by atoms with Crippen LogP contribution < -0.4 is 11.5 Å². The molecule has 1 atom stereocenters. The van der Waals surface area contributed by atoms with Crippen LogP contribution >= 0.6 is 11.3 Å². The first-order valence-electron chi connectivity index (χ1n) is 7.52. The van der Waals surface area contributed by atoms with Crippen molar-refractivity contribution in [2.24, 2.45) is 5.73 Å². The highest BCUT2D eigenvalue weighted by atomic mass is 32.1. The van der Waals surface area contributed by atoms with Crippen LogP contribution in [-0.2, 0) is 6.42 Å². The number of rotatable bonds is 2. The van der Waals surface area contributed by atoms with E-state index in [1.54, 1.807) is 23.5 Å². The molecular formula is C18H16FN3S. The highest BCUT2D eigenvalue weighted by Gasteiger charge is 2.22. The number of thiazole rings is 1. The molecule has 3 nitrogen and oxygen atoms in total. The van der Waals surface area contributed by atoms with Crippen molar-refractivity contribution in [2.75, 3.05) is 5.73 Å². The van der Waals surface area contributed by atoms with Crippen molar-refractivity contribution in [1.29, 1.82) is 0 Å². The van der Waals surface area contributed by atoms with Crippen molar-refractivity contribution < 1.29 is 4.39 Å². The summed E-state index contributed by atoms with van der Waals surface area (Å²) < 4.78 is 13.3. The molecule has 0 unspecified atom stereocenters. The minimum absolute atomic E-state index is 0.134. The van der Waals surface area contributed by atoms with Crippen molar-refractivity contribution in [3.63, 3.8) is 0 Å². The number of hydrogen-bond donors (Lipinski definition) is 2. The van der Waals surface area contributed by atoms with Crippen LogP contribution in [-0.4, -0.2) is 4.98 Å². The Kier molecular flexibility index (Phi) is 3.39. The Hall–Kier alpha value is -2.24. The third kappa shape index (κ3) is 2.42. The van der Waals surface area contributed by atoms with E-state index in [9.17, 15) is 4.39 Å². The van der Waals surface area contributed by atoms with Gasteiger partial charge in [-0.25, -0.2) is 9.37 Å². The molecule has 0 aliphatic heterocycles. The fourth-order valence-electron chi connectivity index (χ4n) is 3.13. The largest absolute Gasteiger partial charge is 0.396 e. The maximum absolute atomic E-state index is 13.3. The Balaban J connectivity index is 1.76. The number of nitrogen functional groups attached to an aromatic ring is 1. The van der Waals surface area contributed by atoms with Gasteiger partial charge in [-0.05, 0) is 47.7 Å². The minimum Gasteiger partial charge on any atom is -0.396 e. The maximum Gasteiger partial charge on any atom is 0.146 e. The van der Waals surface area contributed by atoms with Crippen LogP contribution in [0.3, 0.4) is 0 Å². The van der Waals surface area contributed by atoms with E-state index in [0.717, 1.165) is 28.3 Å². The monoisotopic (exact) mass is 325 g/mol. The molecule has 1 aromatic heterocycles. The van der Waals surface area contributed by atoms with Crippen molar-refractivity contribution in [3.8, 4) is 21.0 Å². The molecule has 0 bridgehead atoms. The average molecular weight is 325 g/mol.